The van der Waals surface area contributed by atoms with E-state index in [9.17, 15) is 9.90 Å². The summed E-state index contributed by atoms with van der Waals surface area (Å²) in [6.07, 6.45) is -1.17. The summed E-state index contributed by atoms with van der Waals surface area (Å²) < 4.78 is 5.09. The number of rotatable bonds is 3. The fourth-order valence-electron chi connectivity index (χ4n) is 0.765. The van der Waals surface area contributed by atoms with Gasteiger partial charge in [0.15, 0.2) is 0 Å². The van der Waals surface area contributed by atoms with Crippen LogP contribution in [0.25, 0.3) is 0 Å². The van der Waals surface area contributed by atoms with Gasteiger partial charge in [-0.1, -0.05) is 0 Å². The minimum Gasteiger partial charge on any atom is -0.444 e. The van der Waals surface area contributed by atoms with Gasteiger partial charge < -0.3 is 14.7 Å². The number of nitrogens with one attached hydrogen (secondary N) is 1. The van der Waals surface area contributed by atoms with E-state index >= 15 is 0 Å². The van der Waals surface area contributed by atoms with Crippen molar-refractivity contribution in [2.24, 2.45) is 0 Å². The van der Waals surface area contributed by atoms with Crippen molar-refractivity contribution in [1.82, 2.24) is 10.2 Å². The topological polar surface area (TPSA) is 61.8 Å². The van der Waals surface area contributed by atoms with Crippen molar-refractivity contribution in [3.05, 3.63) is 0 Å². The average Bonchev–Trinajstić information content (AvgIpc) is 2.00. The molecule has 0 rings (SSSR count). The van der Waals surface area contributed by atoms with Crippen LogP contribution >= 0.6 is 0 Å². The van der Waals surface area contributed by atoms with Gasteiger partial charge in [0.1, 0.15) is 11.8 Å². The zero-order chi connectivity index (χ0) is 11.4. The van der Waals surface area contributed by atoms with Crippen molar-refractivity contribution >= 4 is 6.09 Å². The highest BCUT2D eigenvalue weighted by molar-refractivity contribution is 5.67. The lowest BCUT2D eigenvalue weighted by Gasteiger charge is -2.25. The van der Waals surface area contributed by atoms with Gasteiger partial charge in [-0.3, -0.25) is 5.32 Å². The van der Waals surface area contributed by atoms with Crippen molar-refractivity contribution in [3.8, 4) is 0 Å². The van der Waals surface area contributed by atoms with E-state index in [4.69, 9.17) is 4.74 Å². The van der Waals surface area contributed by atoms with Gasteiger partial charge in [0.2, 0.25) is 0 Å². The summed E-state index contributed by atoms with van der Waals surface area (Å²) in [6, 6.07) is 0. The van der Waals surface area contributed by atoms with Crippen LogP contribution in [0.3, 0.4) is 0 Å². The number of ether oxygens (including phenoxy) is 1. The number of likely N-dealkylation sites (N-methyl/N-ethyl adjacent to an activating group) is 2. The molecule has 0 aromatic carbocycles. The highest BCUT2D eigenvalue weighted by Gasteiger charge is 2.20. The standard InChI is InChI=1S/C9H20N2O3/c1-9(2,3)14-8(13)11(5)6-7(12)10-4/h7,10,12H,6H2,1-5H3. The van der Waals surface area contributed by atoms with E-state index in [0.29, 0.717) is 0 Å². The Kier molecular flexibility index (Phi) is 4.87. The van der Waals surface area contributed by atoms with Crippen LogP contribution in [0.4, 0.5) is 4.79 Å². The van der Waals surface area contributed by atoms with E-state index in [1.807, 2.05) is 0 Å². The lowest BCUT2D eigenvalue weighted by molar-refractivity contribution is 0.0180. The monoisotopic (exact) mass is 204 g/mol. The molecule has 0 aliphatic rings. The van der Waals surface area contributed by atoms with Crippen LogP contribution in [0.5, 0.6) is 0 Å². The third kappa shape index (κ3) is 5.77. The Balaban J connectivity index is 4.00. The molecule has 1 unspecified atom stereocenters. The summed E-state index contributed by atoms with van der Waals surface area (Å²) in [5.74, 6) is 0. The molecule has 0 saturated carbocycles. The number of nitrogens with zero attached hydrogens (tertiary/aromatic N) is 1. The first-order chi connectivity index (χ1) is 6.26. The maximum absolute atomic E-state index is 11.4. The molecular weight excluding hydrogens is 184 g/mol. The summed E-state index contributed by atoms with van der Waals surface area (Å²) in [5, 5.41) is 11.8. The number of hydrogen-bond donors (Lipinski definition) is 2. The molecule has 0 heterocycles. The van der Waals surface area contributed by atoms with Crippen LogP contribution in [-0.2, 0) is 4.74 Å². The second-order valence-electron chi connectivity index (χ2n) is 4.17. The second-order valence-corrected chi connectivity index (χ2v) is 4.17. The summed E-state index contributed by atoms with van der Waals surface area (Å²) >= 11 is 0. The molecule has 84 valence electrons. The normalized spacial score (nSPS) is 13.6. The number of amides is 1. The largest absolute Gasteiger partial charge is 0.444 e. The van der Waals surface area contributed by atoms with E-state index < -0.39 is 17.9 Å². The number of carbonyl (C=O) groups is 1. The lowest BCUT2D eigenvalue weighted by atomic mass is 10.2. The first-order valence-electron chi connectivity index (χ1n) is 4.55. The van der Waals surface area contributed by atoms with Gasteiger partial charge in [-0.05, 0) is 27.8 Å². The SMILES string of the molecule is CNC(O)CN(C)C(=O)OC(C)(C)C. The Bertz CT molecular complexity index is 189. The van der Waals surface area contributed by atoms with Gasteiger partial charge in [-0.25, -0.2) is 4.79 Å². The predicted octanol–water partition coefficient (Wildman–Crippen LogP) is 0.391. The predicted molar refractivity (Wildman–Crippen MR) is 53.9 cm³/mol. The molecule has 1 atom stereocenters. The molecule has 0 fully saturated rings. The van der Waals surface area contributed by atoms with Crippen LogP contribution in [0.2, 0.25) is 0 Å². The van der Waals surface area contributed by atoms with Crippen molar-refractivity contribution in [3.63, 3.8) is 0 Å². The molecule has 0 bridgehead atoms. The van der Waals surface area contributed by atoms with Crippen LogP contribution in [0, 0.1) is 0 Å². The molecule has 0 aromatic rings. The third-order valence-corrected chi connectivity index (χ3v) is 1.49. The van der Waals surface area contributed by atoms with E-state index in [2.05, 4.69) is 5.32 Å². The Morgan fingerprint density at radius 2 is 2.07 bits per heavy atom. The van der Waals surface area contributed by atoms with E-state index in [1.54, 1.807) is 34.9 Å². The maximum atomic E-state index is 11.4. The lowest BCUT2D eigenvalue weighted by Crippen LogP contribution is -2.42. The quantitative estimate of drug-likeness (QED) is 0.653. The Labute approximate surface area is 85.0 Å². The van der Waals surface area contributed by atoms with Gasteiger partial charge in [0, 0.05) is 7.05 Å². The molecule has 1 amide bonds. The first-order valence-corrected chi connectivity index (χ1v) is 4.55. The maximum Gasteiger partial charge on any atom is 0.410 e. The Morgan fingerprint density at radius 3 is 2.43 bits per heavy atom. The van der Waals surface area contributed by atoms with Gasteiger partial charge >= 0.3 is 6.09 Å². The van der Waals surface area contributed by atoms with Crippen molar-refractivity contribution < 1.29 is 14.6 Å². The second kappa shape index (κ2) is 5.17. The van der Waals surface area contributed by atoms with E-state index in [0.717, 1.165) is 0 Å². The number of aliphatic hydroxyl groups is 1. The summed E-state index contributed by atoms with van der Waals surface area (Å²) in [5.41, 5.74) is -0.504. The molecule has 0 spiro atoms. The number of carbonyl (C=O) groups excluding carboxylic acids is 1. The molecule has 2 N–H and O–H groups in total. The molecule has 0 aromatic heterocycles. The van der Waals surface area contributed by atoms with Crippen LogP contribution in [0.1, 0.15) is 20.8 Å². The summed E-state index contributed by atoms with van der Waals surface area (Å²) in [7, 11) is 3.20. The van der Waals surface area contributed by atoms with Crippen molar-refractivity contribution in [1.29, 1.82) is 0 Å². The highest BCUT2D eigenvalue weighted by atomic mass is 16.6. The highest BCUT2D eigenvalue weighted by Crippen LogP contribution is 2.08. The van der Waals surface area contributed by atoms with Crippen LogP contribution in [-0.4, -0.2) is 48.6 Å². The number of hydrogen-bond acceptors (Lipinski definition) is 4. The third-order valence-electron chi connectivity index (χ3n) is 1.49. The van der Waals surface area contributed by atoms with Crippen LogP contribution < -0.4 is 5.32 Å². The van der Waals surface area contributed by atoms with E-state index in [1.165, 1.54) is 4.90 Å². The molecule has 5 nitrogen and oxygen atoms in total. The Morgan fingerprint density at radius 1 is 1.57 bits per heavy atom. The van der Waals surface area contributed by atoms with Gasteiger partial charge in [-0.2, -0.15) is 0 Å². The fraction of sp³-hybridized carbons (Fsp3) is 0.889. The minimum absolute atomic E-state index is 0.200. The average molecular weight is 204 g/mol. The van der Waals surface area contributed by atoms with Gasteiger partial charge in [0.05, 0.1) is 6.54 Å². The fourth-order valence-corrected chi connectivity index (χ4v) is 0.765. The summed E-state index contributed by atoms with van der Waals surface area (Å²) in [6.45, 7) is 5.60. The number of aliphatic hydroxyl groups excluding tert-OH is 1. The van der Waals surface area contributed by atoms with Gasteiger partial charge in [0.25, 0.3) is 0 Å². The smallest absolute Gasteiger partial charge is 0.410 e. The van der Waals surface area contributed by atoms with E-state index in [-0.39, 0.29) is 6.54 Å². The van der Waals surface area contributed by atoms with Gasteiger partial charge in [-0.15, -0.1) is 0 Å². The zero-order valence-corrected chi connectivity index (χ0v) is 9.50. The molecule has 0 radical (unpaired) electrons. The molecule has 0 saturated heterocycles. The summed E-state index contributed by atoms with van der Waals surface area (Å²) in [4.78, 5) is 12.7. The molecule has 0 aliphatic heterocycles. The molecular formula is C9H20N2O3. The first kappa shape index (κ1) is 13.2. The Hall–Kier alpha value is -0.810. The van der Waals surface area contributed by atoms with Crippen molar-refractivity contribution in [2.75, 3.05) is 20.6 Å². The zero-order valence-electron chi connectivity index (χ0n) is 9.50. The molecule has 5 heteroatoms. The van der Waals surface area contributed by atoms with Crippen molar-refractivity contribution in [2.45, 2.75) is 32.6 Å². The molecule has 0 aliphatic carbocycles. The van der Waals surface area contributed by atoms with Crippen LogP contribution in [0.15, 0.2) is 0 Å². The molecule has 14 heavy (non-hydrogen) atoms. The minimum atomic E-state index is -0.729.